The summed E-state index contributed by atoms with van der Waals surface area (Å²) in [5.41, 5.74) is 0.721. The minimum Gasteiger partial charge on any atom is -0.366 e. The van der Waals surface area contributed by atoms with E-state index in [1.54, 1.807) is 18.2 Å². The average molecular weight is 404 g/mol. The minimum absolute atomic E-state index is 0.0468. The van der Waals surface area contributed by atoms with Crippen molar-refractivity contribution in [1.82, 2.24) is 10.2 Å². The number of nitro groups is 1. The smallest absolute Gasteiger partial charge is 0.292 e. The zero-order valence-electron chi connectivity index (χ0n) is 16.1. The van der Waals surface area contributed by atoms with E-state index in [0.29, 0.717) is 42.7 Å². The molecular weight excluding hydrogens is 378 g/mol. The summed E-state index contributed by atoms with van der Waals surface area (Å²) in [5, 5.41) is 24.0. The van der Waals surface area contributed by atoms with Crippen LogP contribution in [0.15, 0.2) is 24.3 Å². The lowest BCUT2D eigenvalue weighted by atomic mass is 9.95. The average Bonchev–Trinajstić information content (AvgIpc) is 3.17. The predicted molar refractivity (Wildman–Crippen MR) is 110 cm³/mol. The van der Waals surface area contributed by atoms with Gasteiger partial charge in [-0.05, 0) is 31.7 Å². The van der Waals surface area contributed by atoms with Gasteiger partial charge in [0, 0.05) is 31.0 Å². The normalized spacial score (nSPS) is 15.0. The van der Waals surface area contributed by atoms with E-state index in [-0.39, 0.29) is 22.4 Å². The number of hydrogen-bond acceptors (Lipinski definition) is 7. The number of nitrogens with zero attached hydrogens (tertiary/aromatic N) is 4. The Labute approximate surface area is 168 Å². The molecule has 28 heavy (non-hydrogen) atoms. The van der Waals surface area contributed by atoms with Crippen molar-refractivity contribution in [3.63, 3.8) is 0 Å². The topological polar surface area (TPSA) is 101 Å². The first-order chi connectivity index (χ1) is 13.5. The van der Waals surface area contributed by atoms with Crippen LogP contribution in [-0.4, -0.2) is 34.1 Å². The summed E-state index contributed by atoms with van der Waals surface area (Å²) < 4.78 is 0. The Hall–Kier alpha value is -2.55. The monoisotopic (exact) mass is 403 g/mol. The minimum atomic E-state index is -0.360. The van der Waals surface area contributed by atoms with E-state index in [4.69, 9.17) is 0 Å². The van der Waals surface area contributed by atoms with Crippen molar-refractivity contribution in [1.29, 1.82) is 0 Å². The second-order valence-corrected chi connectivity index (χ2v) is 7.96. The largest absolute Gasteiger partial charge is 0.366 e. The second-order valence-electron chi connectivity index (χ2n) is 6.96. The van der Waals surface area contributed by atoms with Gasteiger partial charge >= 0.3 is 0 Å². The number of anilines is 2. The van der Waals surface area contributed by atoms with Gasteiger partial charge in [-0.1, -0.05) is 37.3 Å². The highest BCUT2D eigenvalue weighted by Crippen LogP contribution is 2.32. The van der Waals surface area contributed by atoms with Gasteiger partial charge in [0.15, 0.2) is 0 Å². The number of nitrogens with one attached hydrogen (secondary N) is 1. The number of para-hydroxylation sites is 2. The quantitative estimate of drug-likeness (QED) is 0.549. The molecule has 1 aliphatic rings. The molecule has 2 heterocycles. The number of aromatic nitrogens is 2. The van der Waals surface area contributed by atoms with Gasteiger partial charge in [-0.25, -0.2) is 0 Å². The van der Waals surface area contributed by atoms with Crippen molar-refractivity contribution in [2.45, 2.75) is 45.4 Å². The molecule has 2 aromatic rings. The van der Waals surface area contributed by atoms with E-state index in [1.807, 2.05) is 4.90 Å². The van der Waals surface area contributed by atoms with E-state index in [2.05, 4.69) is 29.4 Å². The number of benzene rings is 1. The summed E-state index contributed by atoms with van der Waals surface area (Å²) in [6.45, 7) is 5.47. The number of hydrogen-bond donors (Lipinski definition) is 1. The van der Waals surface area contributed by atoms with Crippen molar-refractivity contribution >= 4 is 33.8 Å². The lowest BCUT2D eigenvalue weighted by molar-refractivity contribution is -0.384. The number of rotatable bonds is 7. The highest BCUT2D eigenvalue weighted by Gasteiger charge is 2.28. The van der Waals surface area contributed by atoms with Crippen LogP contribution in [0.2, 0.25) is 0 Å². The number of piperidine rings is 1. The molecule has 0 unspecified atom stereocenters. The van der Waals surface area contributed by atoms with Crippen LogP contribution in [0.25, 0.3) is 0 Å². The fourth-order valence-electron chi connectivity index (χ4n) is 3.56. The third kappa shape index (κ3) is 4.46. The zero-order chi connectivity index (χ0) is 20.1. The fraction of sp³-hybridized carbons (Fsp3) is 0.526. The van der Waals surface area contributed by atoms with Gasteiger partial charge in [-0.3, -0.25) is 14.9 Å². The molecule has 0 bridgehead atoms. The molecule has 1 saturated heterocycles. The Morgan fingerprint density at radius 1 is 1.29 bits per heavy atom. The maximum atomic E-state index is 12.6. The molecule has 1 aromatic carbocycles. The Balaban J connectivity index is 1.58. The summed E-state index contributed by atoms with van der Waals surface area (Å²) in [7, 11) is 0. The molecule has 3 rings (SSSR count). The molecule has 0 aliphatic carbocycles. The van der Waals surface area contributed by atoms with Crippen molar-refractivity contribution in [2.75, 3.05) is 23.3 Å². The molecule has 0 radical (unpaired) electrons. The van der Waals surface area contributed by atoms with Crippen LogP contribution in [0.3, 0.4) is 0 Å². The van der Waals surface area contributed by atoms with Gasteiger partial charge in [-0.15, -0.1) is 10.2 Å². The summed E-state index contributed by atoms with van der Waals surface area (Å²) in [5.74, 6) is 0.210. The van der Waals surface area contributed by atoms with Crippen LogP contribution in [0.4, 0.5) is 16.5 Å². The van der Waals surface area contributed by atoms with E-state index < -0.39 is 0 Å². The Morgan fingerprint density at radius 2 is 1.96 bits per heavy atom. The summed E-state index contributed by atoms with van der Waals surface area (Å²) in [6.07, 6.45) is 3.30. The number of carbonyl (C=O) groups excluding carboxylic acids is 1. The van der Waals surface area contributed by atoms with Gasteiger partial charge in [-0.2, -0.15) is 0 Å². The summed E-state index contributed by atoms with van der Waals surface area (Å²) in [4.78, 5) is 25.5. The highest BCUT2D eigenvalue weighted by molar-refractivity contribution is 7.15. The number of nitro benzene ring substituents is 1. The van der Waals surface area contributed by atoms with Crippen LogP contribution in [0.1, 0.15) is 50.5 Å². The highest BCUT2D eigenvalue weighted by atomic mass is 32.1. The van der Waals surface area contributed by atoms with Crippen molar-refractivity contribution < 1.29 is 9.72 Å². The Morgan fingerprint density at radius 3 is 2.61 bits per heavy atom. The lowest BCUT2D eigenvalue weighted by Gasteiger charge is -2.32. The summed E-state index contributed by atoms with van der Waals surface area (Å²) >= 11 is 1.45. The van der Waals surface area contributed by atoms with Gasteiger partial charge < -0.3 is 10.2 Å². The van der Waals surface area contributed by atoms with Gasteiger partial charge in [0.1, 0.15) is 10.7 Å². The van der Waals surface area contributed by atoms with E-state index in [9.17, 15) is 14.9 Å². The molecular formula is C19H25N5O3S. The van der Waals surface area contributed by atoms with Crippen molar-refractivity contribution in [3.8, 4) is 0 Å². The third-order valence-electron chi connectivity index (χ3n) is 5.29. The molecule has 0 spiro atoms. The maximum absolute atomic E-state index is 12.6. The lowest BCUT2D eigenvalue weighted by Crippen LogP contribution is -2.38. The standard InChI is InChI=1S/C19H25N5O3S/c1-3-13(4-2)18-21-22-19(28-18)20-17(25)14-9-11-23(12-10-14)15-7-5-6-8-16(15)24(26)27/h5-8,13-14H,3-4,9-12H2,1-2H3,(H,20,22,25). The van der Waals surface area contributed by atoms with E-state index in [0.717, 1.165) is 17.8 Å². The molecule has 1 amide bonds. The molecule has 0 saturated carbocycles. The van der Waals surface area contributed by atoms with Crippen molar-refractivity contribution in [2.24, 2.45) is 5.92 Å². The number of amides is 1. The first kappa shape index (κ1) is 20.2. The first-order valence-corrected chi connectivity index (χ1v) is 10.5. The van der Waals surface area contributed by atoms with Crippen LogP contribution in [-0.2, 0) is 4.79 Å². The van der Waals surface area contributed by atoms with Crippen molar-refractivity contribution in [3.05, 3.63) is 39.4 Å². The van der Waals surface area contributed by atoms with Gasteiger partial charge in [0.05, 0.1) is 4.92 Å². The molecule has 1 fully saturated rings. The van der Waals surface area contributed by atoms with Gasteiger partial charge in [0.25, 0.3) is 5.69 Å². The first-order valence-electron chi connectivity index (χ1n) is 9.66. The molecule has 0 atom stereocenters. The zero-order valence-corrected chi connectivity index (χ0v) is 16.9. The molecule has 1 aliphatic heterocycles. The predicted octanol–water partition coefficient (Wildman–Crippen LogP) is 4.21. The molecule has 150 valence electrons. The van der Waals surface area contributed by atoms with Crippen LogP contribution < -0.4 is 10.2 Å². The van der Waals surface area contributed by atoms with Crippen LogP contribution in [0.5, 0.6) is 0 Å². The third-order valence-corrected chi connectivity index (χ3v) is 6.29. The molecule has 9 heteroatoms. The number of carbonyl (C=O) groups is 1. The molecule has 1 aromatic heterocycles. The SMILES string of the molecule is CCC(CC)c1nnc(NC(=O)C2CCN(c3ccccc3[N+](=O)[O-])CC2)s1. The Kier molecular flexibility index (Phi) is 6.56. The molecule has 1 N–H and O–H groups in total. The van der Waals surface area contributed by atoms with E-state index in [1.165, 1.54) is 17.4 Å². The van der Waals surface area contributed by atoms with E-state index >= 15 is 0 Å². The fourth-order valence-corrected chi connectivity index (χ4v) is 4.58. The molecule has 8 nitrogen and oxygen atoms in total. The summed E-state index contributed by atoms with van der Waals surface area (Å²) in [6, 6.07) is 6.74. The maximum Gasteiger partial charge on any atom is 0.292 e. The van der Waals surface area contributed by atoms with Crippen LogP contribution in [0, 0.1) is 16.0 Å². The van der Waals surface area contributed by atoms with Gasteiger partial charge in [0.2, 0.25) is 11.0 Å². The Bertz CT molecular complexity index is 828. The van der Waals surface area contributed by atoms with Crippen LogP contribution >= 0.6 is 11.3 Å². The second kappa shape index (κ2) is 9.09.